The third-order valence-electron chi connectivity index (χ3n) is 21.4. The second-order valence-electron chi connectivity index (χ2n) is 28.8. The second-order valence-corrected chi connectivity index (χ2v) is 28.8. The molecule has 0 spiro atoms. The van der Waals surface area contributed by atoms with Crippen molar-refractivity contribution in [2.75, 3.05) is 19.8 Å². The molecule has 5 amide bonds. The number of benzene rings is 4. The SMILES string of the molecule is CC1=C2[C@@H](O)C(=O)C3(C)[C@@H](O)C[C@H]4OC[C@@]4(O)[C@H]3[C@H](OC(=O)c3ccccc3)[C@](O)(C[C@@H]1OC(=O)[C@H](OC(=O)CC(=O)NCCCCC(NC(=O)CC[C@@H](C=O)NC(=O)[C@H](C)NC(=O)C(C)OC1C(C)C(O)OC(CO)C1OC(=O)c1ccccc1)C(=O)O)[C@H](NC(=O)c1ccccc1)c1ccccc1)C2(C)C. The molecule has 2 saturated carbocycles. The summed E-state index contributed by atoms with van der Waals surface area (Å²) in [7, 11) is 0. The van der Waals surface area contributed by atoms with Crippen molar-refractivity contribution in [1.82, 2.24) is 26.6 Å². The van der Waals surface area contributed by atoms with Crippen LogP contribution in [-0.4, -0.2) is 224 Å². The van der Waals surface area contributed by atoms with Gasteiger partial charge in [0.2, 0.25) is 29.7 Å². The van der Waals surface area contributed by atoms with Crippen molar-refractivity contribution in [2.45, 2.75) is 203 Å². The average Bonchev–Trinajstić information content (AvgIpc) is 0.672. The van der Waals surface area contributed by atoms with Gasteiger partial charge in [0, 0.05) is 48.6 Å². The molecular weight excluding hydrogens is 1410 g/mol. The lowest BCUT2D eigenvalue weighted by Crippen LogP contribution is -2.81. The first-order chi connectivity index (χ1) is 51.2. The van der Waals surface area contributed by atoms with Crippen LogP contribution in [0.15, 0.2) is 132 Å². The Morgan fingerprint density at radius 3 is 1.88 bits per heavy atom. The summed E-state index contributed by atoms with van der Waals surface area (Å²) in [6, 6.07) is 25.4. The number of carbonyl (C=O) groups is 12. The Hall–Kier alpha value is -9.70. The van der Waals surface area contributed by atoms with Crippen molar-refractivity contribution in [3.05, 3.63) is 155 Å². The van der Waals surface area contributed by atoms with Crippen molar-refractivity contribution in [2.24, 2.45) is 22.7 Å². The summed E-state index contributed by atoms with van der Waals surface area (Å²) in [4.78, 5) is 164. The molecule has 0 radical (unpaired) electrons. The number of rotatable bonds is 31. The normalized spacial score (nSPS) is 28.5. The van der Waals surface area contributed by atoms with Crippen LogP contribution in [0.2, 0.25) is 0 Å². The van der Waals surface area contributed by atoms with Gasteiger partial charge in [-0.15, -0.1) is 0 Å². The molecule has 4 fully saturated rings. The third kappa shape index (κ3) is 17.9. The van der Waals surface area contributed by atoms with Crippen LogP contribution in [0.1, 0.15) is 143 Å². The van der Waals surface area contributed by atoms with Crippen molar-refractivity contribution in [1.29, 1.82) is 0 Å². The van der Waals surface area contributed by atoms with Gasteiger partial charge in [-0.25, -0.2) is 19.2 Å². The maximum atomic E-state index is 15.3. The number of nitrogens with one attached hydrogen (secondary N) is 5. The van der Waals surface area contributed by atoms with Crippen LogP contribution in [0.5, 0.6) is 0 Å². The van der Waals surface area contributed by atoms with E-state index in [1.807, 2.05) is 0 Å². The van der Waals surface area contributed by atoms with E-state index >= 15 is 9.59 Å². The topological polar surface area (TPSA) is 471 Å². The van der Waals surface area contributed by atoms with E-state index in [0.717, 1.165) is 0 Å². The van der Waals surface area contributed by atoms with E-state index in [-0.39, 0.29) is 72.0 Å². The number of ketones is 1. The Kier molecular flexibility index (Phi) is 26.8. The molecule has 31 nitrogen and oxygen atoms in total. The Balaban J connectivity index is 0.822. The summed E-state index contributed by atoms with van der Waals surface area (Å²) in [6.07, 6.45) is -19.7. The number of unbranched alkanes of at least 4 members (excludes halogenated alkanes) is 1. The first kappa shape index (κ1) is 82.4. The number of fused-ring (bicyclic) bond motifs is 5. The van der Waals surface area contributed by atoms with Crippen LogP contribution in [0, 0.1) is 22.7 Å². The van der Waals surface area contributed by atoms with Crippen LogP contribution in [0.4, 0.5) is 0 Å². The highest BCUT2D eigenvalue weighted by molar-refractivity contribution is 5.98. The molecular formula is C77H93N5O26. The second kappa shape index (κ2) is 35.1. The van der Waals surface area contributed by atoms with Crippen molar-refractivity contribution in [3.8, 4) is 0 Å². The number of carbonyl (C=O) groups excluding carboxylic acids is 11. The van der Waals surface area contributed by atoms with Crippen LogP contribution in [-0.2, 0) is 76.3 Å². The van der Waals surface area contributed by atoms with E-state index in [1.165, 1.54) is 97.0 Å². The Labute approximate surface area is 621 Å². The summed E-state index contributed by atoms with van der Waals surface area (Å²) in [5.41, 5.74) is -8.19. The molecule has 8 unspecified atom stereocenters. The fourth-order valence-corrected chi connectivity index (χ4v) is 15.0. The standard InChI is InChI=1S/C77H93N5O26/c1-40-50(36-77(101)65(108-72(98)47-28-18-11-19-29-47)63-75(7,52(85)34-53-76(63,100)39-102-53)64(90)59(89)57(40)74(77,5)6)104-73(99)62(58(44-22-12-8-13-23-44)82-68(93)45-24-14-9-15-25-45)106-56(88)35-55(87)78-33-21-20-30-49(69(94)95)81-54(86)32-31-48(37-83)80-66(91)42(3)79-67(92)43(4)103-60-41(2)70(96)105-51(38-84)61(60)107-71(97)46-26-16-10-17-27-46/h8-19,22-29,37,41-43,48-53,58-63,65,70,84-85,89,96,100-101H,20-21,30-36,38-39H2,1-7H3,(H,78,87)(H,79,92)(H,80,91)(H,81,86)(H,82,93)(H,94,95)/t41?,42-,43?,48-,49?,50-,51?,52-,53+,58+,59+,60?,61?,62+,63-,65-,70?,75?,76-,77+/m0/s1. The molecule has 4 aromatic rings. The van der Waals surface area contributed by atoms with E-state index in [1.54, 1.807) is 72.8 Å². The van der Waals surface area contributed by atoms with Crippen molar-refractivity contribution < 1.29 is 126 Å². The number of carboxylic acid groups (broad SMARTS) is 1. The summed E-state index contributed by atoms with van der Waals surface area (Å²) >= 11 is 0. The smallest absolute Gasteiger partial charge is 0.350 e. The number of aliphatic hydroxyl groups is 6. The minimum absolute atomic E-state index is 0.00149. The molecule has 3 aliphatic carbocycles. The lowest BCUT2D eigenvalue weighted by molar-refractivity contribution is -0.343. The lowest BCUT2D eigenvalue weighted by atomic mass is 9.44. The molecule has 12 N–H and O–H groups in total. The molecule has 582 valence electrons. The summed E-state index contributed by atoms with van der Waals surface area (Å²) in [6.45, 7) is 8.55. The minimum Gasteiger partial charge on any atom is -0.480 e. The molecule has 5 aliphatic rings. The number of hydrogen-bond acceptors (Lipinski definition) is 25. The lowest BCUT2D eigenvalue weighted by Gasteiger charge is -2.66. The molecule has 2 saturated heterocycles. The number of esters is 4. The summed E-state index contributed by atoms with van der Waals surface area (Å²) in [5.74, 6) is -13.7. The fraction of sp³-hybridized carbons (Fsp3) is 0.506. The van der Waals surface area contributed by atoms with Crippen LogP contribution in [0.3, 0.4) is 0 Å². The predicted octanol–water partition coefficient (Wildman–Crippen LogP) is 1.70. The molecule has 20 atom stereocenters. The highest BCUT2D eigenvalue weighted by atomic mass is 16.7. The minimum atomic E-state index is -2.52. The number of hydrogen-bond donors (Lipinski definition) is 12. The summed E-state index contributed by atoms with van der Waals surface area (Å²) in [5, 5.41) is 93.9. The third-order valence-corrected chi connectivity index (χ3v) is 21.4. The van der Waals surface area contributed by atoms with E-state index in [0.29, 0.717) is 6.29 Å². The fourth-order valence-electron chi connectivity index (χ4n) is 15.0. The highest BCUT2D eigenvalue weighted by Crippen LogP contribution is 2.63. The first-order valence-electron chi connectivity index (χ1n) is 35.7. The largest absolute Gasteiger partial charge is 0.480 e. The molecule has 9 rings (SSSR count). The van der Waals surface area contributed by atoms with E-state index in [9.17, 15) is 83.7 Å². The Bertz CT molecular complexity index is 3980. The number of Topliss-reactive ketones (excluding diaryl/α,β-unsaturated/α-hetero) is 1. The van der Waals surface area contributed by atoms with Crippen molar-refractivity contribution in [3.63, 3.8) is 0 Å². The van der Waals surface area contributed by atoms with Gasteiger partial charge in [0.15, 0.2) is 18.2 Å². The molecule has 2 heterocycles. The summed E-state index contributed by atoms with van der Waals surface area (Å²) < 4.78 is 41.3. The molecule has 4 aromatic carbocycles. The molecule has 2 bridgehead atoms. The average molecular weight is 1500 g/mol. The van der Waals surface area contributed by atoms with E-state index < -0.39 is 223 Å². The number of carboxylic acids is 1. The zero-order valence-electron chi connectivity index (χ0n) is 60.6. The van der Waals surface area contributed by atoms with E-state index in [2.05, 4.69) is 26.6 Å². The van der Waals surface area contributed by atoms with Gasteiger partial charge in [0.1, 0.15) is 78.7 Å². The highest BCUT2D eigenvalue weighted by Gasteiger charge is 2.76. The van der Waals surface area contributed by atoms with Gasteiger partial charge in [-0.3, -0.25) is 33.6 Å². The van der Waals surface area contributed by atoms with Gasteiger partial charge in [-0.1, -0.05) is 106 Å². The van der Waals surface area contributed by atoms with Crippen molar-refractivity contribution >= 4 is 71.5 Å². The van der Waals surface area contributed by atoms with Gasteiger partial charge in [-0.2, -0.15) is 0 Å². The predicted molar refractivity (Wildman–Crippen MR) is 375 cm³/mol. The van der Waals surface area contributed by atoms with E-state index in [4.69, 9.17) is 33.2 Å². The Morgan fingerprint density at radius 2 is 1.31 bits per heavy atom. The molecule has 0 aromatic heterocycles. The van der Waals surface area contributed by atoms with Gasteiger partial charge in [0.25, 0.3) is 5.91 Å². The zero-order chi connectivity index (χ0) is 78.7. The monoisotopic (exact) mass is 1500 g/mol. The number of amides is 5. The quantitative estimate of drug-likeness (QED) is 0.00852. The first-order valence-corrected chi connectivity index (χ1v) is 35.7. The molecule has 31 heteroatoms. The maximum absolute atomic E-state index is 15.3. The number of ether oxygens (including phenoxy) is 7. The van der Waals surface area contributed by atoms with Crippen LogP contribution >= 0.6 is 0 Å². The van der Waals surface area contributed by atoms with Gasteiger partial charge in [0.05, 0.1) is 48.0 Å². The molecule has 108 heavy (non-hydrogen) atoms. The van der Waals surface area contributed by atoms with Gasteiger partial charge >= 0.3 is 29.8 Å². The zero-order valence-corrected chi connectivity index (χ0v) is 60.6. The number of aliphatic carboxylic acids is 1. The number of aliphatic hydroxyl groups excluding tert-OH is 4. The maximum Gasteiger partial charge on any atom is 0.350 e. The van der Waals surface area contributed by atoms with Gasteiger partial charge in [-0.05, 0) is 106 Å². The van der Waals surface area contributed by atoms with Crippen LogP contribution in [0.25, 0.3) is 0 Å². The Morgan fingerprint density at radius 1 is 0.713 bits per heavy atom. The van der Waals surface area contributed by atoms with Crippen LogP contribution < -0.4 is 26.6 Å². The molecule has 2 aliphatic heterocycles. The van der Waals surface area contributed by atoms with Gasteiger partial charge < -0.3 is 100 Å². The number of aldehydes is 1.